The molecule has 1 amide bonds. The van der Waals surface area contributed by atoms with E-state index in [1.807, 2.05) is 60.8 Å². The summed E-state index contributed by atoms with van der Waals surface area (Å²) in [6, 6.07) is 21.8. The Morgan fingerprint density at radius 3 is 2.64 bits per heavy atom. The summed E-state index contributed by atoms with van der Waals surface area (Å²) in [4.78, 5) is 19.8. The zero-order valence-electron chi connectivity index (χ0n) is 13.6. The summed E-state index contributed by atoms with van der Waals surface area (Å²) in [6.45, 7) is 0.474. The first-order valence-electron chi connectivity index (χ1n) is 8.15. The van der Waals surface area contributed by atoms with E-state index in [4.69, 9.17) is 0 Å². The van der Waals surface area contributed by atoms with E-state index in [1.165, 1.54) is 0 Å². The molecule has 2 heterocycles. The van der Waals surface area contributed by atoms with Crippen LogP contribution in [0.2, 0.25) is 0 Å². The summed E-state index contributed by atoms with van der Waals surface area (Å²) < 4.78 is 0. The normalized spacial score (nSPS) is 10.7. The van der Waals surface area contributed by atoms with Crippen LogP contribution >= 0.6 is 0 Å². The molecule has 0 atom stereocenters. The van der Waals surface area contributed by atoms with Crippen LogP contribution in [0.4, 0.5) is 0 Å². The molecule has 0 saturated carbocycles. The molecule has 2 N–H and O–H groups in total. The van der Waals surface area contributed by atoms with Crippen LogP contribution in [0, 0.1) is 0 Å². The SMILES string of the molecule is O=C(NCc1ccc2[nH]ccc2c1)c1ccc(-c2ccccc2)cn1. The second-order valence-electron chi connectivity index (χ2n) is 5.88. The molecule has 2 aromatic carbocycles. The van der Waals surface area contributed by atoms with Crippen LogP contribution in [-0.2, 0) is 6.54 Å². The van der Waals surface area contributed by atoms with E-state index < -0.39 is 0 Å². The van der Waals surface area contributed by atoms with Crippen LogP contribution in [0.1, 0.15) is 16.1 Å². The van der Waals surface area contributed by atoms with E-state index in [-0.39, 0.29) is 5.91 Å². The molecule has 0 spiro atoms. The van der Waals surface area contributed by atoms with Crippen molar-refractivity contribution in [1.29, 1.82) is 0 Å². The van der Waals surface area contributed by atoms with Gasteiger partial charge in [0.05, 0.1) is 0 Å². The zero-order valence-corrected chi connectivity index (χ0v) is 13.6. The first-order valence-corrected chi connectivity index (χ1v) is 8.15. The maximum absolute atomic E-state index is 12.3. The van der Waals surface area contributed by atoms with Gasteiger partial charge in [0, 0.05) is 30.0 Å². The molecule has 122 valence electrons. The number of aromatic amines is 1. The van der Waals surface area contributed by atoms with Gasteiger partial charge in [-0.15, -0.1) is 0 Å². The Morgan fingerprint density at radius 1 is 0.960 bits per heavy atom. The maximum atomic E-state index is 12.3. The number of carbonyl (C=O) groups excluding carboxylic acids is 1. The van der Waals surface area contributed by atoms with Crippen LogP contribution in [0.15, 0.2) is 79.1 Å². The van der Waals surface area contributed by atoms with Gasteiger partial charge in [-0.3, -0.25) is 9.78 Å². The van der Waals surface area contributed by atoms with Gasteiger partial charge in [-0.25, -0.2) is 0 Å². The molecule has 4 rings (SSSR count). The van der Waals surface area contributed by atoms with E-state index in [0.717, 1.165) is 27.6 Å². The first-order chi connectivity index (χ1) is 12.3. The van der Waals surface area contributed by atoms with Crippen LogP contribution in [0.3, 0.4) is 0 Å². The van der Waals surface area contributed by atoms with E-state index >= 15 is 0 Å². The number of benzene rings is 2. The average Bonchev–Trinajstić information content (AvgIpc) is 3.15. The minimum absolute atomic E-state index is 0.172. The number of fused-ring (bicyclic) bond motifs is 1. The van der Waals surface area contributed by atoms with Gasteiger partial charge >= 0.3 is 0 Å². The molecule has 25 heavy (non-hydrogen) atoms. The third kappa shape index (κ3) is 3.28. The number of nitrogens with one attached hydrogen (secondary N) is 2. The number of hydrogen-bond donors (Lipinski definition) is 2. The fraction of sp³-hybridized carbons (Fsp3) is 0.0476. The fourth-order valence-electron chi connectivity index (χ4n) is 2.82. The van der Waals surface area contributed by atoms with Gasteiger partial charge in [0.25, 0.3) is 5.91 Å². The van der Waals surface area contributed by atoms with Crippen LogP contribution < -0.4 is 5.32 Å². The highest BCUT2D eigenvalue weighted by molar-refractivity contribution is 5.92. The molecule has 4 nitrogen and oxygen atoms in total. The van der Waals surface area contributed by atoms with Crippen LogP contribution in [0.5, 0.6) is 0 Å². The summed E-state index contributed by atoms with van der Waals surface area (Å²) in [6.07, 6.45) is 3.64. The first kappa shape index (κ1) is 15.1. The number of H-pyrrole nitrogens is 1. The number of pyridine rings is 1. The smallest absolute Gasteiger partial charge is 0.270 e. The highest BCUT2D eigenvalue weighted by atomic mass is 16.1. The second-order valence-corrected chi connectivity index (χ2v) is 5.88. The molecule has 0 bridgehead atoms. The number of aromatic nitrogens is 2. The van der Waals surface area contributed by atoms with E-state index in [0.29, 0.717) is 12.2 Å². The van der Waals surface area contributed by atoms with Crippen molar-refractivity contribution in [2.75, 3.05) is 0 Å². The third-order valence-corrected chi connectivity index (χ3v) is 4.17. The van der Waals surface area contributed by atoms with Crippen molar-refractivity contribution < 1.29 is 4.79 Å². The van der Waals surface area contributed by atoms with Crippen molar-refractivity contribution in [1.82, 2.24) is 15.3 Å². The van der Waals surface area contributed by atoms with Gasteiger partial charge in [0.2, 0.25) is 0 Å². The lowest BCUT2D eigenvalue weighted by atomic mass is 10.1. The number of hydrogen-bond acceptors (Lipinski definition) is 2. The van der Waals surface area contributed by atoms with Gasteiger partial charge in [-0.1, -0.05) is 42.5 Å². The summed E-state index contributed by atoms with van der Waals surface area (Å²) in [5.41, 5.74) is 4.65. The maximum Gasteiger partial charge on any atom is 0.270 e. The fourth-order valence-corrected chi connectivity index (χ4v) is 2.82. The predicted molar refractivity (Wildman–Crippen MR) is 99.1 cm³/mol. The molecule has 0 saturated heterocycles. The quantitative estimate of drug-likeness (QED) is 0.591. The second kappa shape index (κ2) is 6.61. The van der Waals surface area contributed by atoms with Crippen molar-refractivity contribution in [3.63, 3.8) is 0 Å². The van der Waals surface area contributed by atoms with Crippen molar-refractivity contribution in [3.05, 3.63) is 90.4 Å². The largest absolute Gasteiger partial charge is 0.361 e. The number of nitrogens with zero attached hydrogens (tertiary/aromatic N) is 1. The van der Waals surface area contributed by atoms with E-state index in [1.54, 1.807) is 12.3 Å². The zero-order chi connectivity index (χ0) is 17.1. The van der Waals surface area contributed by atoms with Crippen molar-refractivity contribution in [3.8, 4) is 11.1 Å². The summed E-state index contributed by atoms with van der Waals surface area (Å²) in [5.74, 6) is -0.172. The van der Waals surface area contributed by atoms with Gasteiger partial charge < -0.3 is 10.3 Å². The highest BCUT2D eigenvalue weighted by Crippen LogP contribution is 2.18. The monoisotopic (exact) mass is 327 g/mol. The Kier molecular flexibility index (Phi) is 4.01. The molecule has 4 heteroatoms. The van der Waals surface area contributed by atoms with E-state index in [2.05, 4.69) is 21.4 Å². The van der Waals surface area contributed by atoms with Crippen LogP contribution in [0.25, 0.3) is 22.0 Å². The average molecular weight is 327 g/mol. The number of carbonyl (C=O) groups is 1. The molecule has 0 aliphatic carbocycles. The third-order valence-electron chi connectivity index (χ3n) is 4.17. The Bertz CT molecular complexity index is 1000. The molecule has 0 fully saturated rings. The predicted octanol–water partition coefficient (Wildman–Crippen LogP) is 4.16. The van der Waals surface area contributed by atoms with Crippen molar-refractivity contribution in [2.24, 2.45) is 0 Å². The Morgan fingerprint density at radius 2 is 1.84 bits per heavy atom. The molecule has 0 unspecified atom stereocenters. The van der Waals surface area contributed by atoms with E-state index in [9.17, 15) is 4.79 Å². The summed E-state index contributed by atoms with van der Waals surface area (Å²) >= 11 is 0. The molecule has 4 aromatic rings. The highest BCUT2D eigenvalue weighted by Gasteiger charge is 2.08. The van der Waals surface area contributed by atoms with Crippen molar-refractivity contribution >= 4 is 16.8 Å². The standard InChI is InChI=1S/C21H17N3O/c25-21(24-13-15-6-8-19-17(12-15)10-11-22-19)20-9-7-18(14-23-20)16-4-2-1-3-5-16/h1-12,14,22H,13H2,(H,24,25). The Hall–Kier alpha value is -3.40. The topological polar surface area (TPSA) is 57.8 Å². The molecule has 0 radical (unpaired) electrons. The molecule has 2 aromatic heterocycles. The summed E-state index contributed by atoms with van der Waals surface area (Å²) in [5, 5.41) is 4.06. The lowest BCUT2D eigenvalue weighted by Gasteiger charge is -2.06. The Labute approximate surface area is 145 Å². The lowest BCUT2D eigenvalue weighted by Crippen LogP contribution is -2.23. The summed E-state index contributed by atoms with van der Waals surface area (Å²) in [7, 11) is 0. The molecule has 0 aliphatic heterocycles. The van der Waals surface area contributed by atoms with Crippen LogP contribution in [-0.4, -0.2) is 15.9 Å². The van der Waals surface area contributed by atoms with Gasteiger partial charge in [-0.2, -0.15) is 0 Å². The number of amides is 1. The van der Waals surface area contributed by atoms with Gasteiger partial charge in [0.1, 0.15) is 5.69 Å². The lowest BCUT2D eigenvalue weighted by molar-refractivity contribution is 0.0946. The van der Waals surface area contributed by atoms with Gasteiger partial charge in [-0.05, 0) is 40.8 Å². The molecule has 0 aliphatic rings. The molecular formula is C21H17N3O. The minimum atomic E-state index is -0.172. The van der Waals surface area contributed by atoms with Gasteiger partial charge in [0.15, 0.2) is 0 Å². The Balaban J connectivity index is 1.44. The molecular weight excluding hydrogens is 310 g/mol. The van der Waals surface area contributed by atoms with Crippen molar-refractivity contribution in [2.45, 2.75) is 6.54 Å². The minimum Gasteiger partial charge on any atom is -0.361 e. The number of rotatable bonds is 4.